The number of carbonyl (C=O) groups is 2. The van der Waals surface area contributed by atoms with E-state index in [2.05, 4.69) is 4.74 Å². The molecule has 1 amide bonds. The molecule has 2 atom stereocenters. The van der Waals surface area contributed by atoms with Crippen molar-refractivity contribution in [3.8, 4) is 0 Å². The Hall–Kier alpha value is -1.33. The van der Waals surface area contributed by atoms with Gasteiger partial charge in [-0.3, -0.25) is 9.69 Å². The Morgan fingerprint density at radius 2 is 2.12 bits per heavy atom. The third-order valence-electron chi connectivity index (χ3n) is 2.04. The van der Waals surface area contributed by atoms with Crippen LogP contribution in [-0.4, -0.2) is 42.0 Å². The molecule has 0 saturated carbocycles. The van der Waals surface area contributed by atoms with Crippen molar-refractivity contribution in [1.82, 2.24) is 4.90 Å². The fourth-order valence-corrected chi connectivity index (χ4v) is 1.46. The molecule has 1 aliphatic heterocycles. The number of alkyl halides is 1. The van der Waals surface area contributed by atoms with Gasteiger partial charge in [0.2, 0.25) is 0 Å². The summed E-state index contributed by atoms with van der Waals surface area (Å²) in [6, 6.07) is 0. The molecule has 0 aromatic heterocycles. The van der Waals surface area contributed by atoms with Crippen LogP contribution in [0.25, 0.3) is 0 Å². The van der Waals surface area contributed by atoms with E-state index in [0.29, 0.717) is 0 Å². The molecule has 1 aliphatic rings. The van der Waals surface area contributed by atoms with Crippen LogP contribution in [0.2, 0.25) is 0 Å². The molecule has 6 heteroatoms. The Morgan fingerprint density at radius 3 is 2.62 bits per heavy atom. The van der Waals surface area contributed by atoms with E-state index in [4.69, 9.17) is 4.74 Å². The summed E-state index contributed by atoms with van der Waals surface area (Å²) < 4.78 is 22.8. The molecule has 0 radical (unpaired) electrons. The summed E-state index contributed by atoms with van der Waals surface area (Å²) in [6.45, 7) is 5.24. The first-order chi connectivity index (χ1) is 7.33. The fraction of sp³-hybridized carbons (Fsp3) is 0.800. The Labute approximate surface area is 93.5 Å². The van der Waals surface area contributed by atoms with Crippen LogP contribution in [0.4, 0.5) is 9.18 Å². The second-order valence-electron chi connectivity index (χ2n) is 4.65. The van der Waals surface area contributed by atoms with Gasteiger partial charge < -0.3 is 9.47 Å². The molecule has 0 N–H and O–H groups in total. The monoisotopic (exact) mass is 233 g/mol. The van der Waals surface area contributed by atoms with Gasteiger partial charge in [0, 0.05) is 6.42 Å². The molecule has 5 nitrogen and oxygen atoms in total. The summed E-state index contributed by atoms with van der Waals surface area (Å²) in [7, 11) is 0. The summed E-state index contributed by atoms with van der Waals surface area (Å²) in [4.78, 5) is 22.9. The van der Waals surface area contributed by atoms with Crippen molar-refractivity contribution in [1.29, 1.82) is 0 Å². The summed E-state index contributed by atoms with van der Waals surface area (Å²) in [5.74, 6) is 0. The number of hydrogen-bond donors (Lipinski definition) is 0. The highest BCUT2D eigenvalue weighted by Gasteiger charge is 2.38. The van der Waals surface area contributed by atoms with Crippen LogP contribution in [-0.2, 0) is 14.3 Å². The highest BCUT2D eigenvalue weighted by atomic mass is 19.1. The van der Waals surface area contributed by atoms with Crippen LogP contribution in [0.15, 0.2) is 0 Å². The quantitative estimate of drug-likeness (QED) is 0.677. The average molecular weight is 233 g/mol. The van der Waals surface area contributed by atoms with Crippen molar-refractivity contribution in [3.63, 3.8) is 0 Å². The Kier molecular flexibility index (Phi) is 3.72. The molecule has 1 saturated heterocycles. The van der Waals surface area contributed by atoms with E-state index in [9.17, 15) is 14.0 Å². The first-order valence-electron chi connectivity index (χ1n) is 5.06. The van der Waals surface area contributed by atoms with Gasteiger partial charge in [0.15, 0.2) is 6.23 Å². The second-order valence-corrected chi connectivity index (χ2v) is 4.65. The lowest BCUT2D eigenvalue weighted by Gasteiger charge is -2.27. The molecular weight excluding hydrogens is 217 g/mol. The maximum atomic E-state index is 13.1. The molecule has 0 aromatic rings. The number of nitrogens with zero attached hydrogens (tertiary/aromatic N) is 1. The Balaban J connectivity index is 2.63. The highest BCUT2D eigenvalue weighted by Crippen LogP contribution is 2.23. The van der Waals surface area contributed by atoms with Crippen LogP contribution >= 0.6 is 0 Å². The van der Waals surface area contributed by atoms with Gasteiger partial charge in [-0.1, -0.05) is 0 Å². The van der Waals surface area contributed by atoms with Gasteiger partial charge in [-0.05, 0) is 20.8 Å². The number of hydrogen-bond acceptors (Lipinski definition) is 4. The zero-order chi connectivity index (χ0) is 12.3. The smallest absolute Gasteiger partial charge is 0.413 e. The van der Waals surface area contributed by atoms with E-state index >= 15 is 0 Å². The van der Waals surface area contributed by atoms with Crippen molar-refractivity contribution in [3.05, 3.63) is 0 Å². The van der Waals surface area contributed by atoms with Crippen LogP contribution in [0.1, 0.15) is 27.2 Å². The third-order valence-corrected chi connectivity index (χ3v) is 2.04. The van der Waals surface area contributed by atoms with Gasteiger partial charge in [-0.15, -0.1) is 0 Å². The van der Waals surface area contributed by atoms with E-state index < -0.39 is 24.1 Å². The highest BCUT2D eigenvalue weighted by molar-refractivity contribution is 5.69. The van der Waals surface area contributed by atoms with Gasteiger partial charge in [0.25, 0.3) is 6.47 Å². The van der Waals surface area contributed by atoms with Crippen LogP contribution < -0.4 is 0 Å². The van der Waals surface area contributed by atoms with Crippen LogP contribution in [0, 0.1) is 0 Å². The molecule has 1 heterocycles. The van der Waals surface area contributed by atoms with Gasteiger partial charge in [0.05, 0.1) is 6.54 Å². The molecule has 0 aliphatic carbocycles. The second kappa shape index (κ2) is 4.67. The lowest BCUT2D eigenvalue weighted by molar-refractivity contribution is -0.139. The van der Waals surface area contributed by atoms with E-state index in [-0.39, 0.29) is 19.4 Å². The summed E-state index contributed by atoms with van der Waals surface area (Å²) >= 11 is 0. The molecular formula is C10H16FNO4. The van der Waals surface area contributed by atoms with Crippen molar-refractivity contribution >= 4 is 12.6 Å². The zero-order valence-corrected chi connectivity index (χ0v) is 9.60. The predicted octanol–water partition coefficient (Wildman–Crippen LogP) is 1.46. The average Bonchev–Trinajstić information content (AvgIpc) is 2.44. The van der Waals surface area contributed by atoms with E-state index in [1.165, 1.54) is 0 Å². The predicted molar refractivity (Wildman–Crippen MR) is 53.4 cm³/mol. The van der Waals surface area contributed by atoms with Crippen LogP contribution in [0.3, 0.4) is 0 Å². The minimum atomic E-state index is -1.18. The lowest BCUT2D eigenvalue weighted by Crippen LogP contribution is -2.41. The largest absolute Gasteiger partial charge is 0.444 e. The molecule has 92 valence electrons. The number of carbonyl (C=O) groups excluding carboxylic acids is 2. The molecule has 0 unspecified atom stereocenters. The Morgan fingerprint density at radius 1 is 1.50 bits per heavy atom. The summed E-state index contributed by atoms with van der Waals surface area (Å²) in [6.07, 6.45) is -2.71. The van der Waals surface area contributed by atoms with Gasteiger partial charge in [-0.2, -0.15) is 0 Å². The molecule has 0 bridgehead atoms. The summed E-state index contributed by atoms with van der Waals surface area (Å²) in [5.41, 5.74) is -0.656. The molecule has 0 aromatic carbocycles. The van der Waals surface area contributed by atoms with Crippen molar-refractivity contribution < 1.29 is 23.5 Å². The normalized spacial score (nSPS) is 25.4. The maximum Gasteiger partial charge on any atom is 0.413 e. The number of halogens is 1. The first kappa shape index (κ1) is 12.7. The minimum Gasteiger partial charge on any atom is -0.444 e. The Bertz CT molecular complexity index is 276. The standard InChI is InChI=1S/C10H16FNO4/c1-10(2,3)16-9(14)12-5-7(11)4-8(12)15-6-13/h6-8H,4-5H2,1-3H3/t7-,8+/m0/s1. The van der Waals surface area contributed by atoms with Crippen molar-refractivity contribution in [2.45, 2.75) is 45.2 Å². The van der Waals surface area contributed by atoms with E-state index in [1.807, 2.05) is 0 Å². The van der Waals surface area contributed by atoms with Crippen LogP contribution in [0.5, 0.6) is 0 Å². The lowest BCUT2D eigenvalue weighted by atomic mass is 10.2. The van der Waals surface area contributed by atoms with Gasteiger partial charge >= 0.3 is 6.09 Å². The fourth-order valence-electron chi connectivity index (χ4n) is 1.46. The van der Waals surface area contributed by atoms with E-state index in [0.717, 1.165) is 4.90 Å². The molecule has 0 spiro atoms. The number of rotatable bonds is 2. The maximum absolute atomic E-state index is 13.1. The molecule has 1 fully saturated rings. The van der Waals surface area contributed by atoms with Gasteiger partial charge in [0.1, 0.15) is 11.8 Å². The number of likely N-dealkylation sites (tertiary alicyclic amines) is 1. The summed E-state index contributed by atoms with van der Waals surface area (Å²) in [5, 5.41) is 0. The zero-order valence-electron chi connectivity index (χ0n) is 9.60. The SMILES string of the molecule is CC(C)(C)OC(=O)N1C[C@@H](F)C[C@H]1OC=O. The van der Waals surface area contributed by atoms with Crippen molar-refractivity contribution in [2.24, 2.45) is 0 Å². The molecule has 1 rings (SSSR count). The first-order valence-corrected chi connectivity index (χ1v) is 5.06. The minimum absolute atomic E-state index is 0.00200. The number of ether oxygens (including phenoxy) is 2. The number of amides is 1. The van der Waals surface area contributed by atoms with E-state index in [1.54, 1.807) is 20.8 Å². The third kappa shape index (κ3) is 3.36. The van der Waals surface area contributed by atoms with Gasteiger partial charge in [-0.25, -0.2) is 9.18 Å². The molecule has 16 heavy (non-hydrogen) atoms. The topological polar surface area (TPSA) is 55.8 Å². The van der Waals surface area contributed by atoms with Crippen molar-refractivity contribution in [2.75, 3.05) is 6.54 Å².